The van der Waals surface area contributed by atoms with Gasteiger partial charge in [0, 0.05) is 0 Å². The fourth-order valence-corrected chi connectivity index (χ4v) is 13.0. The summed E-state index contributed by atoms with van der Waals surface area (Å²) in [5.41, 5.74) is 0. The fraction of sp³-hybridized carbons (Fsp3) is 0.333. The van der Waals surface area contributed by atoms with E-state index in [0.717, 1.165) is 0 Å². The van der Waals surface area contributed by atoms with Crippen LogP contribution in [0.4, 0.5) is 0 Å². The molecular formula is C18H31NSi3. The summed E-state index contributed by atoms with van der Waals surface area (Å²) >= 11 is 0. The van der Waals surface area contributed by atoms with Crippen molar-refractivity contribution >= 4 is 36.4 Å². The minimum absolute atomic E-state index is 0.234. The highest BCUT2D eigenvalue weighted by molar-refractivity contribution is 6.90. The number of hydrogen-bond donors (Lipinski definition) is 1. The van der Waals surface area contributed by atoms with Gasteiger partial charge < -0.3 is 4.65 Å². The molecule has 0 fully saturated rings. The molecule has 120 valence electrons. The van der Waals surface area contributed by atoms with Crippen molar-refractivity contribution in [3.05, 3.63) is 60.7 Å². The van der Waals surface area contributed by atoms with Crippen LogP contribution in [0.15, 0.2) is 60.7 Å². The van der Waals surface area contributed by atoms with Gasteiger partial charge in [-0.05, 0) is 0 Å². The molecule has 1 nitrogen and oxygen atoms in total. The maximum Gasteiger partial charge on any atom is 0.109 e. The molecule has 0 bridgehead atoms. The van der Waals surface area contributed by atoms with E-state index in [4.69, 9.17) is 0 Å². The summed E-state index contributed by atoms with van der Waals surface area (Å²) in [6.45, 7) is 14.1. The Morgan fingerprint density at radius 2 is 0.909 bits per heavy atom. The Hall–Kier alpha value is -0.949. The maximum atomic E-state index is 3.74. The second-order valence-electron chi connectivity index (χ2n) is 7.77. The van der Waals surface area contributed by atoms with Gasteiger partial charge in [0.25, 0.3) is 0 Å². The number of rotatable bonds is 4. The van der Waals surface area contributed by atoms with Gasteiger partial charge in [0.1, 0.15) is 16.5 Å². The zero-order valence-corrected chi connectivity index (χ0v) is 18.4. The highest BCUT2D eigenvalue weighted by Crippen LogP contribution is 2.02. The van der Waals surface area contributed by atoms with Crippen molar-refractivity contribution in [3.63, 3.8) is 0 Å². The summed E-state index contributed by atoms with van der Waals surface area (Å²) in [7, 11) is -2.20. The van der Waals surface area contributed by atoms with E-state index in [0.29, 0.717) is 0 Å². The maximum absolute atomic E-state index is 3.74. The van der Waals surface area contributed by atoms with E-state index in [1.165, 1.54) is 10.4 Å². The van der Waals surface area contributed by atoms with Gasteiger partial charge in [0.2, 0.25) is 0 Å². The molecule has 2 rings (SSSR count). The SMILES string of the molecule is C[Si](C)(C)N[Si](C)(C)C.c1ccc([SiH2]c2ccccc2)cc1. The van der Waals surface area contributed by atoms with E-state index in [2.05, 4.69) is 105 Å². The third-order valence-corrected chi connectivity index (χ3v) is 10.6. The largest absolute Gasteiger partial charge is 0.360 e. The Bertz CT molecular complexity index is 478. The normalized spacial score (nSPS) is 11.5. The summed E-state index contributed by atoms with van der Waals surface area (Å²) in [5, 5.41) is 3.02. The molecule has 1 N–H and O–H groups in total. The standard InChI is InChI=1S/C12H12Si.C6H19NSi2/c1-3-7-11(8-4-1)13-12-9-5-2-6-10-12;1-8(2,3)7-9(4,5)6/h1-10H,13H2;7H,1-6H3. The van der Waals surface area contributed by atoms with Gasteiger partial charge >= 0.3 is 0 Å². The number of hydrogen-bond acceptors (Lipinski definition) is 1. The van der Waals surface area contributed by atoms with Crippen LogP contribution in [0, 0.1) is 0 Å². The van der Waals surface area contributed by atoms with Gasteiger partial charge in [0.15, 0.2) is 0 Å². The zero-order valence-electron chi connectivity index (χ0n) is 15.0. The van der Waals surface area contributed by atoms with Gasteiger partial charge in [-0.25, -0.2) is 0 Å². The monoisotopic (exact) mass is 345 g/mol. The topological polar surface area (TPSA) is 12.0 Å². The van der Waals surface area contributed by atoms with Crippen LogP contribution in [0.2, 0.25) is 39.3 Å². The van der Waals surface area contributed by atoms with Crippen LogP contribution >= 0.6 is 0 Å². The van der Waals surface area contributed by atoms with Crippen molar-refractivity contribution in [3.8, 4) is 0 Å². The van der Waals surface area contributed by atoms with E-state index < -0.39 is 16.5 Å². The Balaban J connectivity index is 0.000000239. The average Bonchev–Trinajstić information content (AvgIpc) is 2.37. The highest BCUT2D eigenvalue weighted by atomic mass is 28.4. The second kappa shape index (κ2) is 8.62. The van der Waals surface area contributed by atoms with Crippen LogP contribution in [-0.2, 0) is 0 Å². The average molecular weight is 346 g/mol. The van der Waals surface area contributed by atoms with E-state index in [-0.39, 0.29) is 9.52 Å². The molecule has 0 radical (unpaired) electrons. The summed E-state index contributed by atoms with van der Waals surface area (Å²) < 4.78 is 3.74. The molecule has 0 aliphatic rings. The van der Waals surface area contributed by atoms with Crippen molar-refractivity contribution in [1.29, 1.82) is 0 Å². The van der Waals surface area contributed by atoms with Crippen LogP contribution in [0.1, 0.15) is 0 Å². The third kappa shape index (κ3) is 9.89. The van der Waals surface area contributed by atoms with Crippen LogP contribution in [-0.4, -0.2) is 26.0 Å². The molecule has 0 amide bonds. The molecule has 2 aromatic rings. The van der Waals surface area contributed by atoms with E-state index in [1.54, 1.807) is 0 Å². The smallest absolute Gasteiger partial charge is 0.109 e. The molecule has 0 spiro atoms. The lowest BCUT2D eigenvalue weighted by atomic mass is 10.4. The summed E-state index contributed by atoms with van der Waals surface area (Å²) in [6, 6.07) is 21.5. The molecule has 0 saturated heterocycles. The molecule has 0 saturated carbocycles. The van der Waals surface area contributed by atoms with Crippen molar-refractivity contribution in [2.45, 2.75) is 39.3 Å². The van der Waals surface area contributed by atoms with E-state index >= 15 is 0 Å². The summed E-state index contributed by atoms with van der Waals surface area (Å²) in [5.74, 6) is 0. The van der Waals surface area contributed by atoms with Crippen molar-refractivity contribution in [2.24, 2.45) is 0 Å². The van der Waals surface area contributed by atoms with Crippen molar-refractivity contribution in [2.75, 3.05) is 0 Å². The van der Waals surface area contributed by atoms with Crippen molar-refractivity contribution in [1.82, 2.24) is 4.65 Å². The second-order valence-corrected chi connectivity index (χ2v) is 19.8. The zero-order chi connectivity index (χ0) is 16.6. The van der Waals surface area contributed by atoms with Crippen LogP contribution in [0.3, 0.4) is 0 Å². The first-order valence-corrected chi connectivity index (χ1v) is 16.4. The molecule has 2 aromatic carbocycles. The molecule has 0 atom stereocenters. The molecule has 4 heteroatoms. The molecular weight excluding hydrogens is 314 g/mol. The first-order chi connectivity index (χ1) is 10.2. The molecule has 0 heterocycles. The fourth-order valence-electron chi connectivity index (χ4n) is 2.55. The van der Waals surface area contributed by atoms with E-state index in [9.17, 15) is 0 Å². The first-order valence-electron chi connectivity index (χ1n) is 8.03. The Labute approximate surface area is 141 Å². The molecule has 0 aliphatic carbocycles. The highest BCUT2D eigenvalue weighted by Gasteiger charge is 2.22. The van der Waals surface area contributed by atoms with Gasteiger partial charge in [-0.2, -0.15) is 0 Å². The Kier molecular flexibility index (Phi) is 7.49. The lowest BCUT2D eigenvalue weighted by molar-refractivity contribution is 1.30. The van der Waals surface area contributed by atoms with Gasteiger partial charge in [-0.3, -0.25) is 0 Å². The van der Waals surface area contributed by atoms with Crippen LogP contribution in [0.5, 0.6) is 0 Å². The predicted octanol–water partition coefficient (Wildman–Crippen LogP) is 3.05. The molecule has 22 heavy (non-hydrogen) atoms. The number of nitrogens with one attached hydrogen (secondary N) is 1. The third-order valence-electron chi connectivity index (χ3n) is 2.84. The molecule has 0 aliphatic heterocycles. The van der Waals surface area contributed by atoms with Crippen LogP contribution in [0.25, 0.3) is 0 Å². The van der Waals surface area contributed by atoms with Crippen LogP contribution < -0.4 is 15.0 Å². The van der Waals surface area contributed by atoms with Gasteiger partial charge in [-0.1, -0.05) is 110 Å². The Morgan fingerprint density at radius 1 is 0.591 bits per heavy atom. The molecule has 0 aromatic heterocycles. The minimum Gasteiger partial charge on any atom is -0.360 e. The number of benzene rings is 2. The van der Waals surface area contributed by atoms with E-state index in [1.807, 2.05) is 0 Å². The van der Waals surface area contributed by atoms with Gasteiger partial charge in [-0.15, -0.1) is 0 Å². The lowest BCUT2D eigenvalue weighted by Gasteiger charge is -2.28. The quantitative estimate of drug-likeness (QED) is 0.840. The summed E-state index contributed by atoms with van der Waals surface area (Å²) in [4.78, 5) is 0. The van der Waals surface area contributed by atoms with Gasteiger partial charge in [0.05, 0.1) is 9.52 Å². The first kappa shape index (κ1) is 19.1. The summed E-state index contributed by atoms with van der Waals surface area (Å²) in [6.07, 6.45) is 0. The Morgan fingerprint density at radius 3 is 1.14 bits per heavy atom. The predicted molar refractivity (Wildman–Crippen MR) is 111 cm³/mol. The molecule has 0 unspecified atom stereocenters. The van der Waals surface area contributed by atoms with Crippen molar-refractivity contribution < 1.29 is 0 Å². The minimum atomic E-state index is -0.981. The lowest BCUT2D eigenvalue weighted by Crippen LogP contribution is -2.55.